The normalized spacial score (nSPS) is 18.6. The van der Waals surface area contributed by atoms with E-state index in [2.05, 4.69) is 4.98 Å². The quantitative estimate of drug-likeness (QED) is 0.850. The summed E-state index contributed by atoms with van der Waals surface area (Å²) in [5, 5.41) is 10.4. The Kier molecular flexibility index (Phi) is 3.40. The smallest absolute Gasteiger partial charge is 0.380 e. The molecule has 22 heavy (non-hydrogen) atoms. The molecule has 1 aromatic heterocycles. The summed E-state index contributed by atoms with van der Waals surface area (Å²) in [5.41, 5.74) is -1.44. The van der Waals surface area contributed by atoms with Crippen LogP contribution >= 0.6 is 0 Å². The van der Waals surface area contributed by atoms with E-state index in [9.17, 15) is 23.1 Å². The van der Waals surface area contributed by atoms with Crippen LogP contribution in [0.4, 0.5) is 13.2 Å². The molecule has 1 aliphatic heterocycles. The fraction of sp³-hybridized carbons (Fsp3) is 0.400. The van der Waals surface area contributed by atoms with Crippen LogP contribution in [0, 0.1) is 0 Å². The lowest BCUT2D eigenvalue weighted by atomic mass is 9.90. The Labute approximate surface area is 124 Å². The second kappa shape index (κ2) is 5.01. The van der Waals surface area contributed by atoms with Crippen molar-refractivity contribution < 1.29 is 23.1 Å². The van der Waals surface area contributed by atoms with Crippen molar-refractivity contribution in [2.45, 2.75) is 24.6 Å². The number of rotatable bonds is 1. The molecule has 1 aromatic carbocycles. The second-order valence-corrected chi connectivity index (χ2v) is 5.57. The molecular formula is C15H15F3N2O2. The van der Waals surface area contributed by atoms with E-state index in [1.165, 1.54) is 4.90 Å². The third kappa shape index (κ3) is 2.35. The molecule has 2 heterocycles. The number of nitrogens with zero attached hydrogens (tertiary/aromatic N) is 1. The standard InChI is InChI=1S/C15H15F3N2O2/c16-15(17,18)14(22)5-8-20(9-6-14)13(21)11-2-1-3-12-10(11)4-7-19-12/h1-4,7,19,22H,5-6,8-9H2. The van der Waals surface area contributed by atoms with Crippen molar-refractivity contribution in [1.29, 1.82) is 0 Å². The SMILES string of the molecule is O=C(c1cccc2[nH]ccc12)N1CCC(O)(C(F)(F)F)CC1. The van der Waals surface area contributed by atoms with Gasteiger partial charge in [0.1, 0.15) is 0 Å². The Balaban J connectivity index is 1.80. The number of carbonyl (C=O) groups is 1. The number of likely N-dealkylation sites (tertiary alicyclic amines) is 1. The van der Waals surface area contributed by atoms with Gasteiger partial charge in [0, 0.05) is 48.6 Å². The van der Waals surface area contributed by atoms with E-state index in [0.29, 0.717) is 5.56 Å². The summed E-state index contributed by atoms with van der Waals surface area (Å²) in [6.07, 6.45) is -3.94. The summed E-state index contributed by atoms with van der Waals surface area (Å²) in [5.74, 6) is -0.311. The minimum absolute atomic E-state index is 0.115. The molecule has 0 saturated carbocycles. The van der Waals surface area contributed by atoms with Crippen molar-refractivity contribution in [2.75, 3.05) is 13.1 Å². The van der Waals surface area contributed by atoms with Gasteiger partial charge < -0.3 is 15.0 Å². The lowest BCUT2D eigenvalue weighted by molar-refractivity contribution is -0.271. The van der Waals surface area contributed by atoms with Gasteiger partial charge in [-0.3, -0.25) is 4.79 Å². The number of aromatic nitrogens is 1. The molecule has 0 aliphatic carbocycles. The lowest BCUT2D eigenvalue weighted by Gasteiger charge is -2.39. The lowest BCUT2D eigenvalue weighted by Crippen LogP contribution is -2.54. The minimum atomic E-state index is -4.66. The number of aliphatic hydroxyl groups is 1. The number of amides is 1. The Morgan fingerprint density at radius 2 is 1.91 bits per heavy atom. The Bertz CT molecular complexity index is 700. The summed E-state index contributed by atoms with van der Waals surface area (Å²) < 4.78 is 38.4. The van der Waals surface area contributed by atoms with Crippen LogP contribution in [0.1, 0.15) is 23.2 Å². The van der Waals surface area contributed by atoms with Crippen LogP contribution in [0.15, 0.2) is 30.5 Å². The monoisotopic (exact) mass is 312 g/mol. The van der Waals surface area contributed by atoms with Crippen molar-refractivity contribution in [2.24, 2.45) is 0 Å². The van der Waals surface area contributed by atoms with E-state index in [-0.39, 0.29) is 19.0 Å². The van der Waals surface area contributed by atoms with E-state index in [1.54, 1.807) is 24.4 Å². The van der Waals surface area contributed by atoms with Crippen LogP contribution in [-0.4, -0.2) is 45.8 Å². The summed E-state index contributed by atoms with van der Waals surface area (Å²) in [6, 6.07) is 6.97. The van der Waals surface area contributed by atoms with Crippen molar-refractivity contribution in [3.05, 3.63) is 36.0 Å². The number of fused-ring (bicyclic) bond motifs is 1. The van der Waals surface area contributed by atoms with Crippen LogP contribution in [0.3, 0.4) is 0 Å². The molecule has 3 rings (SSSR count). The largest absolute Gasteiger partial charge is 0.417 e. The molecule has 118 valence electrons. The molecule has 0 bridgehead atoms. The number of hydrogen-bond acceptors (Lipinski definition) is 2. The van der Waals surface area contributed by atoms with E-state index in [0.717, 1.165) is 10.9 Å². The van der Waals surface area contributed by atoms with Gasteiger partial charge in [0.2, 0.25) is 0 Å². The van der Waals surface area contributed by atoms with Gasteiger partial charge in [-0.15, -0.1) is 0 Å². The fourth-order valence-corrected chi connectivity index (χ4v) is 2.81. The fourth-order valence-electron chi connectivity index (χ4n) is 2.81. The summed E-state index contributed by atoms with van der Waals surface area (Å²) >= 11 is 0. The number of alkyl halides is 3. The number of carbonyl (C=O) groups excluding carboxylic acids is 1. The van der Waals surface area contributed by atoms with Gasteiger partial charge >= 0.3 is 6.18 Å². The topological polar surface area (TPSA) is 56.3 Å². The molecule has 0 spiro atoms. The number of piperidine rings is 1. The zero-order valence-corrected chi connectivity index (χ0v) is 11.7. The molecule has 1 saturated heterocycles. The maximum absolute atomic E-state index is 12.8. The van der Waals surface area contributed by atoms with Gasteiger partial charge in [0.05, 0.1) is 0 Å². The third-order valence-corrected chi connectivity index (χ3v) is 4.23. The molecule has 1 amide bonds. The number of halogens is 3. The molecule has 0 unspecified atom stereocenters. The first-order valence-electron chi connectivity index (χ1n) is 6.96. The number of hydrogen-bond donors (Lipinski definition) is 2. The highest BCUT2D eigenvalue weighted by Gasteiger charge is 2.54. The van der Waals surface area contributed by atoms with E-state index < -0.39 is 24.6 Å². The van der Waals surface area contributed by atoms with Gasteiger partial charge in [0.15, 0.2) is 5.60 Å². The average Bonchev–Trinajstić information content (AvgIpc) is 2.94. The number of nitrogens with one attached hydrogen (secondary N) is 1. The predicted octanol–water partition coefficient (Wildman–Crippen LogP) is 2.70. The molecule has 7 heteroatoms. The van der Waals surface area contributed by atoms with Crippen molar-refractivity contribution in [3.63, 3.8) is 0 Å². The first kappa shape index (κ1) is 14.9. The Hall–Kier alpha value is -2.02. The van der Waals surface area contributed by atoms with E-state index in [4.69, 9.17) is 0 Å². The first-order valence-corrected chi connectivity index (χ1v) is 6.96. The molecule has 1 aliphatic rings. The van der Waals surface area contributed by atoms with Gasteiger partial charge in [-0.05, 0) is 18.2 Å². The Morgan fingerprint density at radius 1 is 1.23 bits per heavy atom. The Morgan fingerprint density at radius 3 is 2.55 bits per heavy atom. The summed E-state index contributed by atoms with van der Waals surface area (Å²) in [4.78, 5) is 16.9. The molecular weight excluding hydrogens is 297 g/mol. The van der Waals surface area contributed by atoms with Gasteiger partial charge in [-0.2, -0.15) is 13.2 Å². The van der Waals surface area contributed by atoms with Gasteiger partial charge in [0.25, 0.3) is 5.91 Å². The number of benzene rings is 1. The highest BCUT2D eigenvalue weighted by Crippen LogP contribution is 2.38. The van der Waals surface area contributed by atoms with Crippen molar-refractivity contribution in [1.82, 2.24) is 9.88 Å². The van der Waals surface area contributed by atoms with Gasteiger partial charge in [-0.1, -0.05) is 6.07 Å². The maximum Gasteiger partial charge on any atom is 0.417 e. The summed E-state index contributed by atoms with van der Waals surface area (Å²) in [7, 11) is 0. The van der Waals surface area contributed by atoms with Crippen molar-refractivity contribution in [3.8, 4) is 0 Å². The van der Waals surface area contributed by atoms with Gasteiger partial charge in [-0.25, -0.2) is 0 Å². The zero-order valence-electron chi connectivity index (χ0n) is 11.7. The highest BCUT2D eigenvalue weighted by molar-refractivity contribution is 6.06. The van der Waals surface area contributed by atoms with E-state index in [1.807, 2.05) is 6.07 Å². The number of aromatic amines is 1. The van der Waals surface area contributed by atoms with E-state index >= 15 is 0 Å². The average molecular weight is 312 g/mol. The maximum atomic E-state index is 12.8. The van der Waals surface area contributed by atoms with Crippen LogP contribution in [0.5, 0.6) is 0 Å². The highest BCUT2D eigenvalue weighted by atomic mass is 19.4. The minimum Gasteiger partial charge on any atom is -0.380 e. The first-order chi connectivity index (χ1) is 10.3. The van der Waals surface area contributed by atoms with Crippen LogP contribution in [0.25, 0.3) is 10.9 Å². The molecule has 0 radical (unpaired) electrons. The second-order valence-electron chi connectivity index (χ2n) is 5.57. The van der Waals surface area contributed by atoms with Crippen LogP contribution < -0.4 is 0 Å². The van der Waals surface area contributed by atoms with Crippen molar-refractivity contribution >= 4 is 16.8 Å². The molecule has 0 atom stereocenters. The molecule has 1 fully saturated rings. The molecule has 4 nitrogen and oxygen atoms in total. The van der Waals surface area contributed by atoms with Crippen LogP contribution in [-0.2, 0) is 0 Å². The zero-order chi connectivity index (χ0) is 16.0. The molecule has 2 aromatic rings. The number of H-pyrrole nitrogens is 1. The molecule has 2 N–H and O–H groups in total. The third-order valence-electron chi connectivity index (χ3n) is 4.23. The predicted molar refractivity (Wildman–Crippen MR) is 74.4 cm³/mol. The summed E-state index contributed by atoms with van der Waals surface area (Å²) in [6.45, 7) is -0.231. The van der Waals surface area contributed by atoms with Crippen LogP contribution in [0.2, 0.25) is 0 Å².